The number of fused-ring (bicyclic) bond motifs is 1. The highest BCUT2D eigenvalue weighted by molar-refractivity contribution is 5.65. The van der Waals surface area contributed by atoms with E-state index in [9.17, 15) is 0 Å². The number of nitrogen functional groups attached to an aromatic ring is 1. The van der Waals surface area contributed by atoms with Gasteiger partial charge in [0.15, 0.2) is 11.5 Å². The molecule has 2 heterocycles. The van der Waals surface area contributed by atoms with Crippen LogP contribution in [0.2, 0.25) is 0 Å². The Balaban J connectivity index is 2.44. The highest BCUT2D eigenvalue weighted by atomic mass is 16.7. The maximum Gasteiger partial charge on any atom is 0.180 e. The fraction of sp³-hybridized carbons (Fsp3) is 0.400. The Labute approximate surface area is 98.4 Å². The Hall–Kier alpha value is -1.86. The van der Waals surface area contributed by atoms with E-state index in [1.165, 1.54) is 6.20 Å². The Morgan fingerprint density at radius 1 is 1.59 bits per heavy atom. The zero-order chi connectivity index (χ0) is 12.3. The third kappa shape index (κ3) is 2.15. The third-order valence-corrected chi connectivity index (χ3v) is 2.25. The molecule has 0 atom stereocenters. The van der Waals surface area contributed by atoms with Crippen molar-refractivity contribution in [2.45, 2.75) is 6.92 Å². The molecule has 92 valence electrons. The predicted molar refractivity (Wildman–Crippen MR) is 63.5 cm³/mol. The van der Waals surface area contributed by atoms with E-state index in [-0.39, 0.29) is 6.61 Å². The molecule has 0 aliphatic rings. The van der Waals surface area contributed by atoms with Crippen molar-refractivity contribution in [3.05, 3.63) is 18.5 Å². The first-order chi connectivity index (χ1) is 8.27. The summed E-state index contributed by atoms with van der Waals surface area (Å²) in [6, 6.07) is 1.75. The lowest BCUT2D eigenvalue weighted by Gasteiger charge is -2.22. The Kier molecular flexibility index (Phi) is 3.40. The lowest BCUT2D eigenvalue weighted by atomic mass is 10.5. The molecule has 0 bridgehead atoms. The normalized spacial score (nSPS) is 10.9. The van der Waals surface area contributed by atoms with Gasteiger partial charge in [-0.1, -0.05) is 0 Å². The van der Waals surface area contributed by atoms with E-state index in [1.54, 1.807) is 21.8 Å². The molecule has 0 saturated carbocycles. The minimum atomic E-state index is -0.0133. The molecule has 3 N–H and O–H groups in total. The van der Waals surface area contributed by atoms with Crippen LogP contribution in [0.3, 0.4) is 0 Å². The van der Waals surface area contributed by atoms with Crippen molar-refractivity contribution in [1.82, 2.24) is 14.6 Å². The summed E-state index contributed by atoms with van der Waals surface area (Å²) in [4.78, 5) is 9.56. The van der Waals surface area contributed by atoms with Crippen LogP contribution < -0.4 is 10.8 Å². The number of rotatable bonds is 5. The summed E-state index contributed by atoms with van der Waals surface area (Å²) in [6.07, 6.45) is 3.17. The summed E-state index contributed by atoms with van der Waals surface area (Å²) in [5.74, 6) is 0.683. The first kappa shape index (κ1) is 11.6. The molecule has 0 aromatic carbocycles. The fourth-order valence-corrected chi connectivity index (χ4v) is 1.58. The number of anilines is 2. The fourth-order valence-electron chi connectivity index (χ4n) is 1.58. The van der Waals surface area contributed by atoms with Crippen LogP contribution in [0, 0.1) is 0 Å². The molecule has 0 fully saturated rings. The van der Waals surface area contributed by atoms with Gasteiger partial charge in [0.25, 0.3) is 0 Å². The van der Waals surface area contributed by atoms with Gasteiger partial charge in [-0.3, -0.25) is 4.84 Å². The lowest BCUT2D eigenvalue weighted by molar-refractivity contribution is 0.105. The molecule has 0 aliphatic heterocycles. The van der Waals surface area contributed by atoms with E-state index in [2.05, 4.69) is 10.1 Å². The third-order valence-electron chi connectivity index (χ3n) is 2.25. The number of nitrogens with two attached hydrogens (primary N) is 1. The standard InChI is InChI=1S/C10H15N5O2/c1-2-17-14(5-6-16)9-3-4-12-10-8(11)7-13-15(9)10/h3-4,7,16H,2,5-6,11H2,1H3. The summed E-state index contributed by atoms with van der Waals surface area (Å²) in [5.41, 5.74) is 6.82. The highest BCUT2D eigenvalue weighted by Crippen LogP contribution is 2.18. The summed E-state index contributed by atoms with van der Waals surface area (Å²) in [5, 5.41) is 14.7. The molecule has 2 aromatic heterocycles. The number of nitrogens with zero attached hydrogens (tertiary/aromatic N) is 4. The number of aromatic nitrogens is 3. The van der Waals surface area contributed by atoms with Gasteiger partial charge < -0.3 is 10.8 Å². The number of hydrogen-bond donors (Lipinski definition) is 2. The summed E-state index contributed by atoms with van der Waals surface area (Å²) in [7, 11) is 0. The van der Waals surface area contributed by atoms with Crippen molar-refractivity contribution in [3.8, 4) is 0 Å². The first-order valence-corrected chi connectivity index (χ1v) is 5.37. The minimum absolute atomic E-state index is 0.0133. The number of hydroxylamine groups is 1. The molecule has 2 aromatic rings. The van der Waals surface area contributed by atoms with Crippen LogP contribution in [0.1, 0.15) is 6.92 Å². The van der Waals surface area contributed by atoms with E-state index in [4.69, 9.17) is 15.7 Å². The second-order valence-corrected chi connectivity index (χ2v) is 3.38. The number of aliphatic hydroxyl groups excluding tert-OH is 1. The van der Waals surface area contributed by atoms with Crippen LogP contribution in [0.4, 0.5) is 11.5 Å². The lowest BCUT2D eigenvalue weighted by Crippen LogP contribution is -2.29. The molecule has 0 radical (unpaired) electrons. The average Bonchev–Trinajstić information content (AvgIpc) is 2.71. The molecule has 7 heteroatoms. The summed E-state index contributed by atoms with van der Waals surface area (Å²) >= 11 is 0. The Morgan fingerprint density at radius 2 is 2.41 bits per heavy atom. The maximum absolute atomic E-state index is 9.01. The second-order valence-electron chi connectivity index (χ2n) is 3.38. The summed E-state index contributed by atoms with van der Waals surface area (Å²) < 4.78 is 1.58. The number of hydrogen-bond acceptors (Lipinski definition) is 6. The van der Waals surface area contributed by atoms with Crippen molar-refractivity contribution in [2.75, 3.05) is 30.6 Å². The van der Waals surface area contributed by atoms with Crippen molar-refractivity contribution >= 4 is 17.2 Å². The molecule has 0 aliphatic carbocycles. The monoisotopic (exact) mass is 237 g/mol. The van der Waals surface area contributed by atoms with Gasteiger partial charge in [-0.15, -0.1) is 0 Å². The van der Waals surface area contributed by atoms with Crippen LogP contribution in [0.25, 0.3) is 5.65 Å². The van der Waals surface area contributed by atoms with Crippen molar-refractivity contribution in [1.29, 1.82) is 0 Å². The first-order valence-electron chi connectivity index (χ1n) is 5.37. The van der Waals surface area contributed by atoms with E-state index in [1.807, 2.05) is 6.92 Å². The van der Waals surface area contributed by atoms with Crippen LogP contribution >= 0.6 is 0 Å². The molecule has 0 amide bonds. The van der Waals surface area contributed by atoms with Gasteiger partial charge >= 0.3 is 0 Å². The van der Waals surface area contributed by atoms with Gasteiger partial charge in [0, 0.05) is 12.3 Å². The zero-order valence-corrected chi connectivity index (χ0v) is 9.58. The largest absolute Gasteiger partial charge is 0.394 e. The molecule has 0 spiro atoms. The SMILES string of the molecule is CCON(CCO)c1ccnc2c(N)cnn12. The van der Waals surface area contributed by atoms with Gasteiger partial charge in [0.05, 0.1) is 31.6 Å². The van der Waals surface area contributed by atoms with Crippen molar-refractivity contribution in [3.63, 3.8) is 0 Å². The van der Waals surface area contributed by atoms with Gasteiger partial charge in [0.1, 0.15) is 0 Å². The van der Waals surface area contributed by atoms with Crippen LogP contribution in [0.5, 0.6) is 0 Å². The van der Waals surface area contributed by atoms with Crippen LogP contribution in [-0.2, 0) is 4.84 Å². The molecular formula is C10H15N5O2. The van der Waals surface area contributed by atoms with Gasteiger partial charge in [-0.05, 0) is 6.92 Å². The molecule has 0 unspecified atom stereocenters. The topological polar surface area (TPSA) is 88.9 Å². The van der Waals surface area contributed by atoms with Gasteiger partial charge in [-0.2, -0.15) is 9.61 Å². The second kappa shape index (κ2) is 4.98. The van der Waals surface area contributed by atoms with Crippen molar-refractivity contribution in [2.24, 2.45) is 0 Å². The smallest absolute Gasteiger partial charge is 0.180 e. The van der Waals surface area contributed by atoms with Crippen LogP contribution in [0.15, 0.2) is 18.5 Å². The van der Waals surface area contributed by atoms with Gasteiger partial charge in [-0.25, -0.2) is 10.0 Å². The minimum Gasteiger partial charge on any atom is -0.394 e. The van der Waals surface area contributed by atoms with E-state index < -0.39 is 0 Å². The van der Waals surface area contributed by atoms with Crippen molar-refractivity contribution < 1.29 is 9.94 Å². The average molecular weight is 237 g/mol. The van der Waals surface area contributed by atoms with E-state index >= 15 is 0 Å². The molecule has 2 rings (SSSR count). The Bertz CT molecular complexity index is 492. The van der Waals surface area contributed by atoms with E-state index in [0.717, 1.165) is 0 Å². The molecular weight excluding hydrogens is 222 g/mol. The highest BCUT2D eigenvalue weighted by Gasteiger charge is 2.12. The molecule has 0 saturated heterocycles. The Morgan fingerprint density at radius 3 is 3.12 bits per heavy atom. The molecule has 7 nitrogen and oxygen atoms in total. The maximum atomic E-state index is 9.01. The zero-order valence-electron chi connectivity index (χ0n) is 9.58. The molecule has 17 heavy (non-hydrogen) atoms. The quantitative estimate of drug-likeness (QED) is 0.715. The predicted octanol–water partition coefficient (Wildman–Crippen LogP) is 0.0617. The summed E-state index contributed by atoms with van der Waals surface area (Å²) in [6.45, 7) is 2.72. The van der Waals surface area contributed by atoms with E-state index in [0.29, 0.717) is 30.3 Å². The number of aliphatic hydroxyl groups is 1. The van der Waals surface area contributed by atoms with Gasteiger partial charge in [0.2, 0.25) is 0 Å². The van der Waals surface area contributed by atoms with Crippen LogP contribution in [-0.4, -0.2) is 39.5 Å².